The maximum atomic E-state index is 12.3. The summed E-state index contributed by atoms with van der Waals surface area (Å²) in [6, 6.07) is 6.52. The molecule has 2 saturated heterocycles. The minimum atomic E-state index is 0.00754. The summed E-state index contributed by atoms with van der Waals surface area (Å²) in [6.07, 6.45) is 4.74. The number of benzene rings is 1. The highest BCUT2D eigenvalue weighted by Crippen LogP contribution is 2.27. The minimum absolute atomic E-state index is 0.00754. The predicted molar refractivity (Wildman–Crippen MR) is 80.7 cm³/mol. The average molecular weight is 273 g/mol. The quantitative estimate of drug-likeness (QED) is 0.810. The SMILES string of the molecule is Cc1ccc(C(=O)NC2CCN3CCCC3C2)cc1N. The van der Waals surface area contributed by atoms with Crippen molar-refractivity contribution < 1.29 is 4.79 Å². The molecule has 20 heavy (non-hydrogen) atoms. The Bertz CT molecular complexity index is 514. The molecule has 1 aromatic carbocycles. The summed E-state index contributed by atoms with van der Waals surface area (Å²) >= 11 is 0. The van der Waals surface area contributed by atoms with Gasteiger partial charge in [0.1, 0.15) is 0 Å². The lowest BCUT2D eigenvalue weighted by Crippen LogP contribution is -2.47. The molecule has 0 spiro atoms. The zero-order valence-electron chi connectivity index (χ0n) is 12.1. The highest BCUT2D eigenvalue weighted by molar-refractivity contribution is 5.95. The molecule has 108 valence electrons. The maximum Gasteiger partial charge on any atom is 0.251 e. The monoisotopic (exact) mass is 273 g/mol. The standard InChI is InChI=1S/C16H23N3O/c1-11-4-5-12(9-15(11)17)16(20)18-13-6-8-19-7-2-3-14(19)10-13/h4-5,9,13-14H,2-3,6-8,10,17H2,1H3,(H,18,20). The number of carbonyl (C=O) groups excluding carboxylic acids is 1. The van der Waals surface area contributed by atoms with E-state index in [2.05, 4.69) is 10.2 Å². The van der Waals surface area contributed by atoms with Crippen LogP contribution in [0.15, 0.2) is 18.2 Å². The molecule has 0 saturated carbocycles. The smallest absolute Gasteiger partial charge is 0.251 e. The first-order valence-electron chi connectivity index (χ1n) is 7.54. The van der Waals surface area contributed by atoms with Gasteiger partial charge in [0.2, 0.25) is 0 Å². The number of hydrogen-bond donors (Lipinski definition) is 2. The van der Waals surface area contributed by atoms with Crippen molar-refractivity contribution in [2.75, 3.05) is 18.8 Å². The van der Waals surface area contributed by atoms with E-state index in [4.69, 9.17) is 5.73 Å². The zero-order valence-corrected chi connectivity index (χ0v) is 12.1. The number of piperidine rings is 1. The van der Waals surface area contributed by atoms with Crippen molar-refractivity contribution in [1.82, 2.24) is 10.2 Å². The lowest BCUT2D eigenvalue weighted by Gasteiger charge is -2.35. The van der Waals surface area contributed by atoms with E-state index < -0.39 is 0 Å². The minimum Gasteiger partial charge on any atom is -0.398 e. The maximum absolute atomic E-state index is 12.3. The van der Waals surface area contributed by atoms with Gasteiger partial charge < -0.3 is 16.0 Å². The van der Waals surface area contributed by atoms with Gasteiger partial charge in [-0.05, 0) is 56.8 Å². The summed E-state index contributed by atoms with van der Waals surface area (Å²) in [4.78, 5) is 14.9. The number of aryl methyl sites for hydroxylation is 1. The molecule has 4 heteroatoms. The van der Waals surface area contributed by atoms with Crippen molar-refractivity contribution in [1.29, 1.82) is 0 Å². The molecule has 0 aromatic heterocycles. The van der Waals surface area contributed by atoms with E-state index in [0.29, 0.717) is 23.3 Å². The molecule has 1 amide bonds. The van der Waals surface area contributed by atoms with Gasteiger partial charge in [-0.3, -0.25) is 4.79 Å². The lowest BCUT2D eigenvalue weighted by atomic mass is 9.97. The second-order valence-electron chi connectivity index (χ2n) is 6.10. The molecule has 0 radical (unpaired) electrons. The summed E-state index contributed by atoms with van der Waals surface area (Å²) in [5, 5.41) is 3.17. The van der Waals surface area contributed by atoms with E-state index in [1.807, 2.05) is 19.1 Å². The number of fused-ring (bicyclic) bond motifs is 1. The van der Waals surface area contributed by atoms with Gasteiger partial charge in [-0.15, -0.1) is 0 Å². The van der Waals surface area contributed by atoms with Crippen LogP contribution in [0, 0.1) is 6.92 Å². The van der Waals surface area contributed by atoms with Crippen molar-refractivity contribution in [2.24, 2.45) is 0 Å². The molecule has 1 aromatic rings. The Morgan fingerprint density at radius 1 is 1.35 bits per heavy atom. The molecule has 0 bridgehead atoms. The summed E-state index contributed by atoms with van der Waals surface area (Å²) in [5.74, 6) is 0.00754. The van der Waals surface area contributed by atoms with E-state index >= 15 is 0 Å². The van der Waals surface area contributed by atoms with Gasteiger partial charge in [-0.1, -0.05) is 6.07 Å². The molecule has 2 aliphatic heterocycles. The van der Waals surface area contributed by atoms with Crippen LogP contribution in [0.3, 0.4) is 0 Å². The van der Waals surface area contributed by atoms with Crippen molar-refractivity contribution in [3.05, 3.63) is 29.3 Å². The largest absolute Gasteiger partial charge is 0.398 e. The Morgan fingerprint density at radius 2 is 2.20 bits per heavy atom. The van der Waals surface area contributed by atoms with Crippen molar-refractivity contribution >= 4 is 11.6 Å². The molecule has 2 fully saturated rings. The Kier molecular flexibility index (Phi) is 3.66. The number of amides is 1. The third-order valence-electron chi connectivity index (χ3n) is 4.70. The van der Waals surface area contributed by atoms with Gasteiger partial charge in [0.05, 0.1) is 0 Å². The third-order valence-corrected chi connectivity index (χ3v) is 4.70. The van der Waals surface area contributed by atoms with Gasteiger partial charge in [0, 0.05) is 29.9 Å². The number of nitrogen functional groups attached to an aromatic ring is 1. The normalized spacial score (nSPS) is 26.2. The Labute approximate surface area is 120 Å². The van der Waals surface area contributed by atoms with Crippen molar-refractivity contribution in [3.63, 3.8) is 0 Å². The lowest BCUT2D eigenvalue weighted by molar-refractivity contribution is 0.0896. The van der Waals surface area contributed by atoms with E-state index in [1.54, 1.807) is 6.07 Å². The van der Waals surface area contributed by atoms with Gasteiger partial charge in [-0.2, -0.15) is 0 Å². The van der Waals surface area contributed by atoms with Crippen LogP contribution in [-0.2, 0) is 0 Å². The Balaban J connectivity index is 1.62. The molecule has 4 nitrogen and oxygen atoms in total. The first kappa shape index (κ1) is 13.4. The second-order valence-corrected chi connectivity index (χ2v) is 6.10. The highest BCUT2D eigenvalue weighted by atomic mass is 16.1. The zero-order chi connectivity index (χ0) is 14.1. The van der Waals surface area contributed by atoms with Crippen LogP contribution in [0.1, 0.15) is 41.6 Å². The van der Waals surface area contributed by atoms with Crippen LogP contribution in [0.25, 0.3) is 0 Å². The van der Waals surface area contributed by atoms with E-state index in [0.717, 1.165) is 24.9 Å². The van der Waals surface area contributed by atoms with Crippen LogP contribution in [0.5, 0.6) is 0 Å². The Morgan fingerprint density at radius 3 is 3.00 bits per heavy atom. The van der Waals surface area contributed by atoms with Gasteiger partial charge in [0.25, 0.3) is 5.91 Å². The number of carbonyl (C=O) groups is 1. The fraction of sp³-hybridized carbons (Fsp3) is 0.562. The second kappa shape index (κ2) is 5.44. The fourth-order valence-corrected chi connectivity index (χ4v) is 3.41. The number of nitrogens with zero attached hydrogens (tertiary/aromatic N) is 1. The Hall–Kier alpha value is -1.55. The van der Waals surface area contributed by atoms with E-state index in [-0.39, 0.29) is 5.91 Å². The summed E-state index contributed by atoms with van der Waals surface area (Å²) in [6.45, 7) is 4.30. The predicted octanol–water partition coefficient (Wildman–Crippen LogP) is 1.93. The van der Waals surface area contributed by atoms with Crippen LogP contribution in [0.2, 0.25) is 0 Å². The number of anilines is 1. The molecule has 2 atom stereocenters. The molecule has 3 rings (SSSR count). The van der Waals surface area contributed by atoms with Gasteiger partial charge >= 0.3 is 0 Å². The van der Waals surface area contributed by atoms with Gasteiger partial charge in [0.15, 0.2) is 0 Å². The van der Waals surface area contributed by atoms with Gasteiger partial charge in [-0.25, -0.2) is 0 Å². The van der Waals surface area contributed by atoms with E-state index in [1.165, 1.54) is 19.4 Å². The fourth-order valence-electron chi connectivity index (χ4n) is 3.41. The molecule has 2 heterocycles. The third kappa shape index (κ3) is 2.66. The topological polar surface area (TPSA) is 58.4 Å². The van der Waals surface area contributed by atoms with Crippen molar-refractivity contribution in [2.45, 2.75) is 44.7 Å². The van der Waals surface area contributed by atoms with Crippen LogP contribution < -0.4 is 11.1 Å². The molecular formula is C16H23N3O. The average Bonchev–Trinajstić information content (AvgIpc) is 2.89. The van der Waals surface area contributed by atoms with Crippen molar-refractivity contribution in [3.8, 4) is 0 Å². The summed E-state index contributed by atoms with van der Waals surface area (Å²) in [5.41, 5.74) is 8.24. The molecule has 0 aliphatic carbocycles. The highest BCUT2D eigenvalue weighted by Gasteiger charge is 2.32. The number of nitrogens with two attached hydrogens (primary N) is 1. The number of rotatable bonds is 2. The number of nitrogens with one attached hydrogen (secondary N) is 1. The first-order chi connectivity index (χ1) is 9.63. The number of hydrogen-bond acceptors (Lipinski definition) is 3. The molecular weight excluding hydrogens is 250 g/mol. The van der Waals surface area contributed by atoms with Crippen LogP contribution >= 0.6 is 0 Å². The summed E-state index contributed by atoms with van der Waals surface area (Å²) < 4.78 is 0. The van der Waals surface area contributed by atoms with E-state index in [9.17, 15) is 4.79 Å². The molecule has 2 aliphatic rings. The first-order valence-corrected chi connectivity index (χ1v) is 7.54. The van der Waals surface area contributed by atoms with Crippen LogP contribution in [-0.4, -0.2) is 36.0 Å². The molecule has 2 unspecified atom stereocenters. The molecule has 3 N–H and O–H groups in total. The van der Waals surface area contributed by atoms with Crippen LogP contribution in [0.4, 0.5) is 5.69 Å². The summed E-state index contributed by atoms with van der Waals surface area (Å²) in [7, 11) is 0.